The molecule has 382 valence electrons. The molecule has 0 aromatic heterocycles. The number of carboxylic acid groups (broad SMARTS) is 1. The second kappa shape index (κ2) is 27.7. The summed E-state index contributed by atoms with van der Waals surface area (Å²) in [6, 6.07) is -5.36. The lowest BCUT2D eigenvalue weighted by Gasteiger charge is -2.31. The molecule has 2 saturated heterocycles. The van der Waals surface area contributed by atoms with E-state index in [2.05, 4.69) is 37.2 Å². The van der Waals surface area contributed by atoms with Crippen LogP contribution in [0.25, 0.3) is 0 Å². The molecule has 2 fully saturated rings. The Balaban J connectivity index is 2.05. The summed E-state index contributed by atoms with van der Waals surface area (Å²) >= 11 is 0. The van der Waals surface area contributed by atoms with E-state index < -0.39 is 145 Å². The second-order valence-corrected chi connectivity index (χ2v) is 19.9. The number of carbonyl (C=O) groups excluding carboxylic acids is 10. The van der Waals surface area contributed by atoms with Gasteiger partial charge in [-0.1, -0.05) is 67.8 Å². The number of aromatic hydroxyl groups is 1. The fourth-order valence-electron chi connectivity index (χ4n) is 7.32. The highest BCUT2D eigenvalue weighted by molar-refractivity contribution is 8.76. The number of primary amides is 2. The predicted molar refractivity (Wildman–Crippen MR) is 253 cm³/mol. The van der Waals surface area contributed by atoms with Gasteiger partial charge in [0.1, 0.15) is 48.0 Å². The van der Waals surface area contributed by atoms with Gasteiger partial charge >= 0.3 is 5.97 Å². The van der Waals surface area contributed by atoms with Crippen LogP contribution in [0.2, 0.25) is 0 Å². The topological polar surface area (TPSA) is 394 Å². The van der Waals surface area contributed by atoms with Crippen LogP contribution >= 0.6 is 21.6 Å². The van der Waals surface area contributed by atoms with Crippen LogP contribution in [0.3, 0.4) is 0 Å². The van der Waals surface area contributed by atoms with Crippen LogP contribution in [0, 0.1) is 11.8 Å². The lowest BCUT2D eigenvalue weighted by atomic mass is 9.96. The maximum atomic E-state index is 14.5. The van der Waals surface area contributed by atoms with Crippen LogP contribution in [0.5, 0.6) is 5.75 Å². The lowest BCUT2D eigenvalue weighted by molar-refractivity contribution is -0.143. The number of phenols is 1. The van der Waals surface area contributed by atoms with Crippen molar-refractivity contribution in [2.45, 2.75) is 127 Å². The first kappa shape index (κ1) is 57.2. The molecule has 9 atom stereocenters. The van der Waals surface area contributed by atoms with Crippen LogP contribution in [-0.4, -0.2) is 153 Å². The van der Waals surface area contributed by atoms with E-state index in [1.807, 2.05) is 0 Å². The first-order chi connectivity index (χ1) is 32.5. The van der Waals surface area contributed by atoms with E-state index in [1.54, 1.807) is 27.7 Å². The van der Waals surface area contributed by atoms with E-state index in [-0.39, 0.29) is 49.0 Å². The molecule has 0 saturated carbocycles. The van der Waals surface area contributed by atoms with Crippen LogP contribution in [0.15, 0.2) is 24.3 Å². The molecule has 2 aliphatic heterocycles. The van der Waals surface area contributed by atoms with Crippen LogP contribution in [0.4, 0.5) is 0 Å². The zero-order chi connectivity index (χ0) is 51.5. The quantitative estimate of drug-likeness (QED) is 0.0692. The SMILES string of the molecule is CC[C@H](C)[C@@H]1NC(=O)[C@H](Cc2ccc(O)cc2)NC(=O)[C@@H](N)CSSC[C@@H](C(=O)N2CCC[C@H]2C(=O)N[C@@H](CC(C)C)C(=O)NCC(N)=O)NC(=O)[C@@H](CC(=O)O)NC(=O)[C@H](CCC(N)=O)NC1=O. The number of hydrogen-bond acceptors (Lipinski definition) is 15. The van der Waals surface area contributed by atoms with E-state index in [1.165, 1.54) is 29.2 Å². The highest BCUT2D eigenvalue weighted by atomic mass is 33.1. The minimum Gasteiger partial charge on any atom is -0.508 e. The number of carbonyl (C=O) groups is 11. The van der Waals surface area contributed by atoms with Crippen molar-refractivity contribution in [2.24, 2.45) is 29.0 Å². The molecule has 0 bridgehead atoms. The Hall–Kier alpha value is -6.15. The van der Waals surface area contributed by atoms with Gasteiger partial charge in [-0.3, -0.25) is 52.7 Å². The number of nitrogens with zero attached hydrogens (tertiary/aromatic N) is 1. The van der Waals surface area contributed by atoms with E-state index in [0.717, 1.165) is 21.6 Å². The standard InChI is InChI=1S/C43H65N11O13S2/c1-5-22(4)35-42(66)48-26(12-13-32(45)56)38(62)50-29(17-34(58)59)39(63)52-30(20-69-68-19-25(44)36(60)49-28(40(64)53-35)16-23-8-10-24(55)11-9-23)43(67)54-14-6-7-31(54)41(65)51-27(15-21(2)3)37(61)47-18-33(46)57/h8-11,21-22,25-31,35,55H,5-7,12-20,44H2,1-4H3,(H2,45,56)(H2,46,57)(H,47,61)(H,48,66)(H,49,60)(H,50,62)(H,51,65)(H,52,63)(H,53,64)(H,58,59)/t22-,25-,26-,27-,28-,29+,30-,31-,35-/m0/s1. The van der Waals surface area contributed by atoms with Gasteiger partial charge in [-0.2, -0.15) is 0 Å². The number of aliphatic carboxylic acids is 1. The summed E-state index contributed by atoms with van der Waals surface area (Å²) in [5, 5.41) is 37.3. The molecule has 10 amide bonds. The van der Waals surface area contributed by atoms with Crippen molar-refractivity contribution in [1.29, 1.82) is 0 Å². The zero-order valence-electron chi connectivity index (χ0n) is 38.9. The fraction of sp³-hybridized carbons (Fsp3) is 0.605. The van der Waals surface area contributed by atoms with Gasteiger partial charge in [-0.15, -0.1) is 0 Å². The minimum atomic E-state index is -1.88. The molecule has 1 aromatic rings. The second-order valence-electron chi connectivity index (χ2n) is 17.3. The van der Waals surface area contributed by atoms with Crippen LogP contribution in [-0.2, 0) is 59.2 Å². The third-order valence-corrected chi connectivity index (χ3v) is 13.7. The van der Waals surface area contributed by atoms with Crippen LogP contribution in [0.1, 0.15) is 78.2 Å². The summed E-state index contributed by atoms with van der Waals surface area (Å²) in [6.07, 6.45) is -1.04. The summed E-state index contributed by atoms with van der Waals surface area (Å²) in [6.45, 7) is 6.53. The number of amides is 10. The Bertz CT molecular complexity index is 2050. The van der Waals surface area contributed by atoms with Gasteiger partial charge < -0.3 is 69.5 Å². The first-order valence-corrected chi connectivity index (χ1v) is 25.0. The van der Waals surface area contributed by atoms with E-state index in [0.29, 0.717) is 18.4 Å². The Kier molecular flexibility index (Phi) is 23.0. The van der Waals surface area contributed by atoms with E-state index in [9.17, 15) is 63.0 Å². The number of hydrogen-bond donors (Lipinski definition) is 12. The van der Waals surface area contributed by atoms with Gasteiger partial charge in [-0.05, 0) is 55.2 Å². The van der Waals surface area contributed by atoms with Crippen LogP contribution < -0.4 is 54.4 Å². The number of likely N-dealkylation sites (tertiary alicyclic amines) is 1. The molecule has 2 heterocycles. The van der Waals surface area contributed by atoms with Gasteiger partial charge in [0, 0.05) is 30.9 Å². The summed E-state index contributed by atoms with van der Waals surface area (Å²) in [7, 11) is 2.00. The number of carboxylic acids is 1. The zero-order valence-corrected chi connectivity index (χ0v) is 40.6. The van der Waals surface area contributed by atoms with Gasteiger partial charge in [0.2, 0.25) is 59.1 Å². The van der Waals surface area contributed by atoms with Crippen molar-refractivity contribution < 1.29 is 63.0 Å². The third kappa shape index (κ3) is 18.7. The number of phenolic OH excluding ortho intramolecular Hbond substituents is 1. The molecular formula is C43H65N11O13S2. The monoisotopic (exact) mass is 1010 g/mol. The van der Waals surface area contributed by atoms with Gasteiger partial charge in [-0.25, -0.2) is 0 Å². The Morgan fingerprint density at radius 1 is 0.812 bits per heavy atom. The molecule has 26 heteroatoms. The number of rotatable bonds is 17. The molecule has 0 spiro atoms. The average molecular weight is 1010 g/mol. The molecule has 0 radical (unpaired) electrons. The summed E-state index contributed by atoms with van der Waals surface area (Å²) in [4.78, 5) is 148. The molecule has 0 aliphatic carbocycles. The third-order valence-electron chi connectivity index (χ3n) is 11.3. The van der Waals surface area contributed by atoms with Gasteiger partial charge in [0.05, 0.1) is 19.0 Å². The molecule has 3 rings (SSSR count). The van der Waals surface area contributed by atoms with Gasteiger partial charge in [0.15, 0.2) is 0 Å². The number of nitrogens with two attached hydrogens (primary N) is 3. The molecular weight excluding hydrogens is 943 g/mol. The number of benzene rings is 1. The Labute approximate surface area is 407 Å². The van der Waals surface area contributed by atoms with Crippen molar-refractivity contribution >= 4 is 86.6 Å². The summed E-state index contributed by atoms with van der Waals surface area (Å²) in [5.74, 6) is -11.2. The van der Waals surface area contributed by atoms with Crippen molar-refractivity contribution in [3.05, 3.63) is 29.8 Å². The van der Waals surface area contributed by atoms with Crippen molar-refractivity contribution in [2.75, 3.05) is 24.6 Å². The van der Waals surface area contributed by atoms with E-state index in [4.69, 9.17) is 17.2 Å². The van der Waals surface area contributed by atoms with E-state index >= 15 is 0 Å². The Morgan fingerprint density at radius 2 is 1.42 bits per heavy atom. The van der Waals surface area contributed by atoms with Gasteiger partial charge in [0.25, 0.3) is 0 Å². The van der Waals surface area contributed by atoms with Crippen molar-refractivity contribution in [3.8, 4) is 5.75 Å². The predicted octanol–water partition coefficient (Wildman–Crippen LogP) is -3.01. The number of nitrogens with one attached hydrogen (secondary N) is 7. The van der Waals surface area contributed by atoms with Crippen molar-refractivity contribution in [3.63, 3.8) is 0 Å². The molecule has 2 aliphatic rings. The maximum absolute atomic E-state index is 14.5. The smallest absolute Gasteiger partial charge is 0.305 e. The Morgan fingerprint density at radius 3 is 2.03 bits per heavy atom. The maximum Gasteiger partial charge on any atom is 0.305 e. The highest BCUT2D eigenvalue weighted by Gasteiger charge is 2.41. The first-order valence-electron chi connectivity index (χ1n) is 22.5. The summed E-state index contributed by atoms with van der Waals surface area (Å²) in [5.41, 5.74) is 17.4. The normalized spacial score (nSPS) is 24.3. The minimum absolute atomic E-state index is 0.0297. The average Bonchev–Trinajstić information content (AvgIpc) is 3.78. The lowest BCUT2D eigenvalue weighted by Crippen LogP contribution is -2.61. The summed E-state index contributed by atoms with van der Waals surface area (Å²) < 4.78 is 0. The highest BCUT2D eigenvalue weighted by Crippen LogP contribution is 2.26. The molecule has 24 nitrogen and oxygen atoms in total. The largest absolute Gasteiger partial charge is 0.508 e. The fourth-order valence-corrected chi connectivity index (χ4v) is 9.59. The molecule has 15 N–H and O–H groups in total. The molecule has 1 aromatic carbocycles. The van der Waals surface area contributed by atoms with Crippen molar-refractivity contribution in [1.82, 2.24) is 42.1 Å². The molecule has 69 heavy (non-hydrogen) atoms. The molecule has 0 unspecified atom stereocenters.